The number of ether oxygens (including phenoxy) is 2. The molecule has 0 spiro atoms. The standard InChI is InChI=1S/C30H25F6N5O4S/c31-29(32,33)15-13-20-3-1-2-4-24(20)41-25(42)17-46-27(41)38-28(43)44-16-14-19-5-7-21(8-6-19)26-37-18-40(39-26)22-9-11-23(12-10-22)45-30(34,35)36/h1-12,18,28,43H,13-17H2/b38-27-. The van der Waals surface area contributed by atoms with Gasteiger partial charge in [0.2, 0.25) is 5.91 Å². The van der Waals surface area contributed by atoms with Gasteiger partial charge in [-0.15, -0.1) is 18.3 Å². The minimum atomic E-state index is -4.78. The Bertz CT molecular complexity index is 1680. The number of aliphatic hydroxyl groups is 1. The Labute approximate surface area is 262 Å². The van der Waals surface area contributed by atoms with Crippen molar-refractivity contribution >= 4 is 28.5 Å². The van der Waals surface area contributed by atoms with Crippen LogP contribution in [-0.2, 0) is 22.4 Å². The second-order valence-corrected chi connectivity index (χ2v) is 10.8. The number of carbonyl (C=O) groups is 1. The molecule has 0 saturated carbocycles. The Morgan fingerprint density at radius 2 is 1.67 bits per heavy atom. The van der Waals surface area contributed by atoms with Gasteiger partial charge in [0.15, 0.2) is 11.0 Å². The molecule has 0 bridgehead atoms. The second kappa shape index (κ2) is 13.9. The average Bonchev–Trinajstić information content (AvgIpc) is 3.63. The number of aliphatic imine (C=N–C) groups is 1. The summed E-state index contributed by atoms with van der Waals surface area (Å²) in [5.74, 6) is -0.322. The predicted octanol–water partition coefficient (Wildman–Crippen LogP) is 6.30. The molecule has 1 atom stereocenters. The number of carbonyl (C=O) groups excluding carboxylic acids is 1. The van der Waals surface area contributed by atoms with E-state index in [-0.39, 0.29) is 41.3 Å². The first-order valence-corrected chi connectivity index (χ1v) is 14.7. The fourth-order valence-corrected chi connectivity index (χ4v) is 5.34. The summed E-state index contributed by atoms with van der Waals surface area (Å²) < 4.78 is 86.4. The third-order valence-electron chi connectivity index (χ3n) is 6.59. The zero-order valence-electron chi connectivity index (χ0n) is 23.7. The minimum absolute atomic E-state index is 0.0157. The van der Waals surface area contributed by atoms with Crippen LogP contribution in [0.2, 0.25) is 0 Å². The van der Waals surface area contributed by atoms with Crippen LogP contribution in [0.1, 0.15) is 17.5 Å². The number of para-hydroxylation sites is 1. The highest BCUT2D eigenvalue weighted by molar-refractivity contribution is 8.15. The highest BCUT2D eigenvalue weighted by Gasteiger charge is 2.33. The maximum absolute atomic E-state index is 12.8. The lowest BCUT2D eigenvalue weighted by Crippen LogP contribution is -2.31. The summed E-state index contributed by atoms with van der Waals surface area (Å²) in [6.07, 6.45) is -10.3. The van der Waals surface area contributed by atoms with Gasteiger partial charge in [0.05, 0.1) is 23.7 Å². The third kappa shape index (κ3) is 8.86. The largest absolute Gasteiger partial charge is 0.573 e. The Balaban J connectivity index is 1.16. The van der Waals surface area contributed by atoms with Gasteiger partial charge in [0.25, 0.3) is 6.41 Å². The van der Waals surface area contributed by atoms with E-state index in [1.807, 2.05) is 12.1 Å². The van der Waals surface area contributed by atoms with E-state index in [4.69, 9.17) is 4.74 Å². The summed E-state index contributed by atoms with van der Waals surface area (Å²) in [5.41, 5.74) is 2.64. The van der Waals surface area contributed by atoms with Crippen LogP contribution in [0, 0.1) is 0 Å². The van der Waals surface area contributed by atoms with Crippen LogP contribution < -0.4 is 9.64 Å². The first kappa shape index (κ1) is 33.0. The number of nitrogens with zero attached hydrogens (tertiary/aromatic N) is 5. The van der Waals surface area contributed by atoms with Crippen molar-refractivity contribution in [2.45, 2.75) is 38.2 Å². The molecule has 1 N–H and O–H groups in total. The van der Waals surface area contributed by atoms with E-state index in [9.17, 15) is 36.2 Å². The van der Waals surface area contributed by atoms with Crippen molar-refractivity contribution in [3.63, 3.8) is 0 Å². The summed E-state index contributed by atoms with van der Waals surface area (Å²) >= 11 is 1.05. The summed E-state index contributed by atoms with van der Waals surface area (Å²) in [7, 11) is 0. The van der Waals surface area contributed by atoms with Gasteiger partial charge < -0.3 is 14.6 Å². The molecule has 9 nitrogen and oxygen atoms in total. The molecule has 5 rings (SSSR count). The van der Waals surface area contributed by atoms with Crippen molar-refractivity contribution in [2.75, 3.05) is 17.3 Å². The van der Waals surface area contributed by atoms with E-state index < -0.39 is 25.4 Å². The molecule has 1 aromatic heterocycles. The van der Waals surface area contributed by atoms with Crippen LogP contribution in [-0.4, -0.2) is 62.3 Å². The fraction of sp³-hybridized carbons (Fsp3) is 0.267. The number of anilines is 1. The molecule has 1 amide bonds. The summed E-state index contributed by atoms with van der Waals surface area (Å²) in [5, 5.41) is 14.9. The SMILES string of the molecule is O=C1CS/C(=N\C(O)OCCc2ccc(-c3ncn(-c4ccc(OC(F)(F)F)cc4)n3)cc2)N1c1ccccc1CCC(F)(F)F. The van der Waals surface area contributed by atoms with Crippen LogP contribution in [0.4, 0.5) is 32.0 Å². The number of halogens is 6. The van der Waals surface area contributed by atoms with Crippen molar-refractivity contribution in [3.05, 3.63) is 90.3 Å². The summed E-state index contributed by atoms with van der Waals surface area (Å²) in [6, 6.07) is 18.6. The minimum Gasteiger partial charge on any atom is -0.406 e. The van der Waals surface area contributed by atoms with E-state index in [1.165, 1.54) is 52.3 Å². The van der Waals surface area contributed by atoms with E-state index in [0.717, 1.165) is 17.3 Å². The number of hydrogen-bond donors (Lipinski definition) is 1. The zero-order chi connectivity index (χ0) is 32.9. The van der Waals surface area contributed by atoms with Crippen molar-refractivity contribution in [3.8, 4) is 22.8 Å². The lowest BCUT2D eigenvalue weighted by Gasteiger charge is -2.21. The number of aromatic nitrogens is 3. The molecule has 242 valence electrons. The van der Waals surface area contributed by atoms with Gasteiger partial charge in [0, 0.05) is 12.0 Å². The number of hydrogen-bond acceptors (Lipinski definition) is 8. The Morgan fingerprint density at radius 1 is 0.957 bits per heavy atom. The number of benzene rings is 3. The van der Waals surface area contributed by atoms with Crippen molar-refractivity contribution < 1.29 is 45.7 Å². The maximum Gasteiger partial charge on any atom is 0.573 e. The van der Waals surface area contributed by atoms with E-state index in [2.05, 4.69) is 19.8 Å². The van der Waals surface area contributed by atoms with Gasteiger partial charge in [-0.1, -0.05) is 54.2 Å². The molecular weight excluding hydrogens is 640 g/mol. The number of rotatable bonds is 11. The molecule has 3 aromatic carbocycles. The molecule has 2 heterocycles. The number of amidine groups is 1. The number of thioether (sulfide) groups is 1. The van der Waals surface area contributed by atoms with E-state index in [1.54, 1.807) is 24.3 Å². The molecule has 0 aliphatic carbocycles. The van der Waals surface area contributed by atoms with Crippen molar-refractivity contribution in [1.29, 1.82) is 0 Å². The second-order valence-electron chi connectivity index (χ2n) is 9.87. The molecule has 16 heteroatoms. The molecule has 0 radical (unpaired) electrons. The lowest BCUT2D eigenvalue weighted by atomic mass is 10.1. The molecular formula is C30H25F6N5O4S. The first-order valence-electron chi connectivity index (χ1n) is 13.7. The first-order chi connectivity index (χ1) is 21.8. The van der Waals surface area contributed by atoms with Crippen LogP contribution in [0.25, 0.3) is 17.1 Å². The topological polar surface area (TPSA) is 102 Å². The average molecular weight is 666 g/mol. The van der Waals surface area contributed by atoms with Crippen LogP contribution in [0.5, 0.6) is 5.75 Å². The molecule has 1 aliphatic heterocycles. The van der Waals surface area contributed by atoms with Gasteiger partial charge in [-0.05, 0) is 54.3 Å². The van der Waals surface area contributed by atoms with Crippen molar-refractivity contribution in [1.82, 2.24) is 14.8 Å². The quantitative estimate of drug-likeness (QED) is 0.148. The molecule has 1 fully saturated rings. The predicted molar refractivity (Wildman–Crippen MR) is 157 cm³/mol. The number of aliphatic hydroxyl groups excluding tert-OH is 1. The zero-order valence-corrected chi connectivity index (χ0v) is 24.5. The summed E-state index contributed by atoms with van der Waals surface area (Å²) in [4.78, 5) is 22.2. The van der Waals surface area contributed by atoms with Gasteiger partial charge in [-0.25, -0.2) is 14.7 Å². The smallest absolute Gasteiger partial charge is 0.406 e. The van der Waals surface area contributed by atoms with E-state index >= 15 is 0 Å². The lowest BCUT2D eigenvalue weighted by molar-refractivity contribution is -0.274. The van der Waals surface area contributed by atoms with Gasteiger partial charge in [-0.2, -0.15) is 13.2 Å². The van der Waals surface area contributed by atoms with Gasteiger partial charge in [0.1, 0.15) is 12.1 Å². The van der Waals surface area contributed by atoms with Crippen molar-refractivity contribution in [2.24, 2.45) is 4.99 Å². The highest BCUT2D eigenvalue weighted by Crippen LogP contribution is 2.32. The van der Waals surface area contributed by atoms with E-state index in [0.29, 0.717) is 29.1 Å². The Hall–Kier alpha value is -4.41. The number of amides is 1. The molecule has 46 heavy (non-hydrogen) atoms. The van der Waals surface area contributed by atoms with Gasteiger partial charge >= 0.3 is 12.5 Å². The Kier molecular flexibility index (Phi) is 9.98. The molecule has 1 aliphatic rings. The summed E-state index contributed by atoms with van der Waals surface area (Å²) in [6.45, 7) is 0.0685. The highest BCUT2D eigenvalue weighted by atomic mass is 32.2. The fourth-order valence-electron chi connectivity index (χ4n) is 4.47. The molecule has 1 unspecified atom stereocenters. The van der Waals surface area contributed by atoms with Crippen LogP contribution >= 0.6 is 11.8 Å². The third-order valence-corrected chi connectivity index (χ3v) is 7.53. The monoisotopic (exact) mass is 665 g/mol. The normalized spacial score (nSPS) is 15.5. The molecule has 4 aromatic rings. The van der Waals surface area contributed by atoms with Crippen LogP contribution in [0.3, 0.4) is 0 Å². The Morgan fingerprint density at radius 3 is 2.37 bits per heavy atom. The maximum atomic E-state index is 12.8. The number of aryl methyl sites for hydroxylation is 1. The van der Waals surface area contributed by atoms with Gasteiger partial charge in [-0.3, -0.25) is 9.69 Å². The number of alkyl halides is 6. The van der Waals surface area contributed by atoms with Crippen LogP contribution in [0.15, 0.2) is 84.1 Å². The molecule has 1 saturated heterocycles.